The molecule has 0 amide bonds. The zero-order chi connectivity index (χ0) is 38.7. The predicted molar refractivity (Wildman–Crippen MR) is 234 cm³/mol. The van der Waals surface area contributed by atoms with Crippen LogP contribution in [0.25, 0.3) is 56.9 Å². The van der Waals surface area contributed by atoms with Crippen LogP contribution >= 0.6 is 0 Å². The van der Waals surface area contributed by atoms with Gasteiger partial charge in [-0.25, -0.2) is 0 Å². The Morgan fingerprint density at radius 3 is 2.17 bits per heavy atom. The fourth-order valence-electron chi connectivity index (χ4n) is 7.37. The van der Waals surface area contributed by atoms with E-state index in [4.69, 9.17) is 9.15 Å². The molecule has 0 bridgehead atoms. The summed E-state index contributed by atoms with van der Waals surface area (Å²) < 4.78 is 14.9. The zero-order valence-corrected chi connectivity index (χ0v) is 34.3. The maximum absolute atomic E-state index is 6.39. The van der Waals surface area contributed by atoms with Crippen LogP contribution in [0, 0.1) is 0 Å². The Hall–Kier alpha value is -5.02. The van der Waals surface area contributed by atoms with Gasteiger partial charge in [0, 0.05) is 33.0 Å². The quantitative estimate of drug-likeness (QED) is 0.140. The van der Waals surface area contributed by atoms with Crippen molar-refractivity contribution in [1.82, 2.24) is 4.57 Å². The van der Waals surface area contributed by atoms with E-state index in [0.29, 0.717) is 0 Å². The highest BCUT2D eigenvalue weighted by atomic mass is 16.5. The minimum absolute atomic E-state index is 0.114. The highest BCUT2D eigenvalue weighted by molar-refractivity contribution is 5.98. The third-order valence-corrected chi connectivity index (χ3v) is 9.34. The van der Waals surface area contributed by atoms with Crippen molar-refractivity contribution in [2.75, 3.05) is 0 Å². The molecule has 0 spiro atoms. The van der Waals surface area contributed by atoms with Crippen molar-refractivity contribution in [2.24, 2.45) is 0 Å². The first-order valence-corrected chi connectivity index (χ1v) is 19.9. The summed E-state index contributed by atoms with van der Waals surface area (Å²) in [5.41, 5.74) is 12.0. The van der Waals surface area contributed by atoms with E-state index in [1.807, 2.05) is 59.7 Å². The zero-order valence-electron chi connectivity index (χ0n) is 34.3. The topological polar surface area (TPSA) is 27.3 Å². The molecule has 1 aliphatic rings. The standard InChI is InChI=1S/C44H43NO2.3C2H6/c1-7-9-10-18-37-42(46-29(3)4)26-25-36-33-23-21-31(28-38(33)44(5,6)43(36)37)45-39(15-8-2)35(34-17-12-13-19-40(34)45)24-22-32-27-30-16-11-14-20-41(30)47-32;3*1-2/h8-17,19-29H,7,18H2,1-6H3;3*1-2H3/b10-9-,15-8-,24-22+;;;. The lowest BCUT2D eigenvalue weighted by Gasteiger charge is -2.26. The van der Waals surface area contributed by atoms with E-state index >= 15 is 0 Å². The Balaban J connectivity index is 0.000000996. The van der Waals surface area contributed by atoms with Crippen LogP contribution in [0.3, 0.4) is 0 Å². The molecule has 0 saturated carbocycles. The summed E-state index contributed by atoms with van der Waals surface area (Å²) in [4.78, 5) is 0. The Bertz CT molecular complexity index is 2170. The van der Waals surface area contributed by atoms with E-state index in [-0.39, 0.29) is 11.5 Å². The Morgan fingerprint density at radius 2 is 1.47 bits per heavy atom. The van der Waals surface area contributed by atoms with Gasteiger partial charge in [-0.15, -0.1) is 0 Å². The van der Waals surface area contributed by atoms with Gasteiger partial charge in [-0.3, -0.25) is 0 Å². The summed E-state index contributed by atoms with van der Waals surface area (Å²) in [5.74, 6) is 1.84. The molecule has 0 aliphatic heterocycles. The molecule has 53 heavy (non-hydrogen) atoms. The van der Waals surface area contributed by atoms with Gasteiger partial charge in [0.05, 0.1) is 17.3 Å². The summed E-state index contributed by atoms with van der Waals surface area (Å²) >= 11 is 0. The molecule has 0 radical (unpaired) electrons. The van der Waals surface area contributed by atoms with Crippen LogP contribution in [0.1, 0.15) is 123 Å². The number of allylic oxidation sites excluding steroid dienone is 3. The molecule has 278 valence electrons. The van der Waals surface area contributed by atoms with Gasteiger partial charge >= 0.3 is 0 Å². The van der Waals surface area contributed by atoms with Crippen molar-refractivity contribution in [3.63, 3.8) is 0 Å². The summed E-state index contributed by atoms with van der Waals surface area (Å²) in [7, 11) is 0. The molecule has 0 saturated heterocycles. The van der Waals surface area contributed by atoms with E-state index in [9.17, 15) is 0 Å². The Kier molecular flexibility index (Phi) is 14.3. The van der Waals surface area contributed by atoms with E-state index in [0.717, 1.165) is 46.7 Å². The smallest absolute Gasteiger partial charge is 0.134 e. The number of hydrogen-bond acceptors (Lipinski definition) is 2. The number of aromatic nitrogens is 1. The third-order valence-electron chi connectivity index (χ3n) is 9.34. The number of hydrogen-bond donors (Lipinski definition) is 0. The minimum Gasteiger partial charge on any atom is -0.491 e. The van der Waals surface area contributed by atoms with Gasteiger partial charge in [0.2, 0.25) is 0 Å². The van der Waals surface area contributed by atoms with Crippen molar-refractivity contribution >= 4 is 40.1 Å². The molecule has 6 aromatic rings. The average Bonchev–Trinajstić information content (AvgIpc) is 3.81. The fraction of sp³-hybridized carbons (Fsp3) is 0.320. The average molecular weight is 708 g/mol. The van der Waals surface area contributed by atoms with Gasteiger partial charge in [0.15, 0.2) is 0 Å². The second-order valence-electron chi connectivity index (χ2n) is 13.2. The molecule has 0 fully saturated rings. The van der Waals surface area contributed by atoms with E-state index in [1.165, 1.54) is 44.3 Å². The Labute approximate surface area is 319 Å². The molecule has 2 heterocycles. The van der Waals surface area contributed by atoms with Crippen molar-refractivity contribution in [1.29, 1.82) is 0 Å². The lowest BCUT2D eigenvalue weighted by Crippen LogP contribution is -2.19. The number of furan rings is 1. The first kappa shape index (κ1) is 40.7. The number of rotatable bonds is 9. The maximum atomic E-state index is 6.39. The second-order valence-corrected chi connectivity index (χ2v) is 13.2. The first-order valence-electron chi connectivity index (χ1n) is 19.9. The largest absolute Gasteiger partial charge is 0.491 e. The summed E-state index contributed by atoms with van der Waals surface area (Å²) in [5, 5.41) is 2.31. The minimum atomic E-state index is -0.194. The van der Waals surface area contributed by atoms with Gasteiger partial charge in [0.25, 0.3) is 0 Å². The molecule has 7 rings (SSSR count). The highest BCUT2D eigenvalue weighted by Crippen LogP contribution is 2.53. The monoisotopic (exact) mass is 707 g/mol. The molecule has 0 unspecified atom stereocenters. The molecule has 4 aromatic carbocycles. The highest BCUT2D eigenvalue weighted by Gasteiger charge is 2.39. The van der Waals surface area contributed by atoms with E-state index < -0.39 is 0 Å². The summed E-state index contributed by atoms with van der Waals surface area (Å²) in [6.07, 6.45) is 15.2. The molecule has 0 N–H and O–H groups in total. The van der Waals surface area contributed by atoms with Crippen LogP contribution in [0.4, 0.5) is 0 Å². The molecular formula is C50H61NO2. The van der Waals surface area contributed by atoms with E-state index in [1.54, 1.807) is 0 Å². The van der Waals surface area contributed by atoms with E-state index in [2.05, 4.69) is 149 Å². The number of ether oxygens (including phenoxy) is 1. The van der Waals surface area contributed by atoms with Gasteiger partial charge in [-0.1, -0.05) is 129 Å². The fourth-order valence-corrected chi connectivity index (χ4v) is 7.37. The summed E-state index contributed by atoms with van der Waals surface area (Å²) in [6, 6.07) is 30.4. The van der Waals surface area contributed by atoms with Crippen molar-refractivity contribution in [2.45, 2.75) is 107 Å². The van der Waals surface area contributed by atoms with Gasteiger partial charge < -0.3 is 13.7 Å². The molecule has 2 aromatic heterocycles. The second kappa shape index (κ2) is 18.6. The summed E-state index contributed by atoms with van der Waals surface area (Å²) in [6.45, 7) is 25.2. The van der Waals surface area contributed by atoms with Crippen molar-refractivity contribution in [3.8, 4) is 22.6 Å². The van der Waals surface area contributed by atoms with Crippen LogP contribution in [-0.4, -0.2) is 10.7 Å². The SMILES string of the molecule is C/C=C\c1c(/C=C/c2cc3ccccc3o2)c2ccccc2n1-c1ccc2c(c1)C(C)(C)c1c-2ccc(OC(C)C)c1C/C=C\CC.CC.CC.CC. The normalized spacial score (nSPS) is 12.8. The van der Waals surface area contributed by atoms with Crippen LogP contribution < -0.4 is 4.74 Å². The molecule has 0 atom stereocenters. The molecule has 1 aliphatic carbocycles. The van der Waals surface area contributed by atoms with Crippen molar-refractivity contribution in [3.05, 3.63) is 137 Å². The van der Waals surface area contributed by atoms with Crippen LogP contribution in [0.15, 0.2) is 108 Å². The number of fused-ring (bicyclic) bond motifs is 5. The lowest BCUT2D eigenvalue weighted by molar-refractivity contribution is 0.240. The number of benzene rings is 4. The van der Waals surface area contributed by atoms with Gasteiger partial charge in [0.1, 0.15) is 17.1 Å². The Morgan fingerprint density at radius 1 is 0.774 bits per heavy atom. The van der Waals surface area contributed by atoms with Crippen LogP contribution in [-0.2, 0) is 11.8 Å². The molecular weight excluding hydrogens is 647 g/mol. The molecule has 3 nitrogen and oxygen atoms in total. The van der Waals surface area contributed by atoms with Crippen molar-refractivity contribution < 1.29 is 9.15 Å². The lowest BCUT2D eigenvalue weighted by atomic mass is 9.79. The third kappa shape index (κ3) is 8.15. The van der Waals surface area contributed by atoms with Gasteiger partial charge in [-0.2, -0.15) is 0 Å². The van der Waals surface area contributed by atoms with Gasteiger partial charge in [-0.05, 0) is 110 Å². The molecule has 3 heteroatoms. The number of nitrogens with zero attached hydrogens (tertiary/aromatic N) is 1. The predicted octanol–water partition coefficient (Wildman–Crippen LogP) is 15.3. The van der Waals surface area contributed by atoms with Crippen LogP contribution in [0.5, 0.6) is 5.75 Å². The number of para-hydroxylation sites is 2. The van der Waals surface area contributed by atoms with Crippen LogP contribution in [0.2, 0.25) is 0 Å². The maximum Gasteiger partial charge on any atom is 0.134 e. The first-order chi connectivity index (χ1) is 25.8.